The van der Waals surface area contributed by atoms with Crippen LogP contribution >= 0.6 is 49.9 Å². The van der Waals surface area contributed by atoms with Crippen LogP contribution in [0.25, 0.3) is 10.1 Å². The molecule has 0 aliphatic carbocycles. The standard InChI is InChI=1S/C10H6BrIOS/c11-4-6-1-7(12)2-10-9(6)3-8(5-13)14-10/h1-3,5H,4H2. The van der Waals surface area contributed by atoms with E-state index in [0.717, 1.165) is 16.5 Å². The number of hydrogen-bond acceptors (Lipinski definition) is 2. The summed E-state index contributed by atoms with van der Waals surface area (Å²) < 4.78 is 2.40. The Morgan fingerprint density at radius 2 is 2.21 bits per heavy atom. The zero-order chi connectivity index (χ0) is 10.1. The van der Waals surface area contributed by atoms with Crippen LogP contribution in [0.1, 0.15) is 15.2 Å². The van der Waals surface area contributed by atoms with E-state index in [9.17, 15) is 4.79 Å². The third-order valence-corrected chi connectivity index (χ3v) is 4.20. The maximum atomic E-state index is 10.7. The van der Waals surface area contributed by atoms with Gasteiger partial charge in [0.1, 0.15) is 0 Å². The summed E-state index contributed by atoms with van der Waals surface area (Å²) in [6, 6.07) is 6.21. The highest BCUT2D eigenvalue weighted by Crippen LogP contribution is 2.30. The third-order valence-electron chi connectivity index (χ3n) is 1.97. The molecule has 1 aromatic carbocycles. The van der Waals surface area contributed by atoms with Crippen molar-refractivity contribution in [3.05, 3.63) is 32.2 Å². The van der Waals surface area contributed by atoms with E-state index in [1.54, 1.807) is 11.3 Å². The Balaban J connectivity index is 2.77. The molecule has 0 radical (unpaired) electrons. The second-order valence-corrected chi connectivity index (χ2v) is 5.80. The molecule has 1 nitrogen and oxygen atoms in total. The van der Waals surface area contributed by atoms with E-state index >= 15 is 0 Å². The number of rotatable bonds is 2. The van der Waals surface area contributed by atoms with Crippen molar-refractivity contribution < 1.29 is 4.79 Å². The molecule has 0 unspecified atom stereocenters. The van der Waals surface area contributed by atoms with Crippen molar-refractivity contribution in [3.8, 4) is 0 Å². The monoisotopic (exact) mass is 380 g/mol. The highest BCUT2D eigenvalue weighted by Gasteiger charge is 2.06. The lowest BCUT2D eigenvalue weighted by Gasteiger charge is -1.99. The van der Waals surface area contributed by atoms with E-state index in [1.165, 1.54) is 19.2 Å². The van der Waals surface area contributed by atoms with Crippen LogP contribution in [-0.4, -0.2) is 6.29 Å². The lowest BCUT2D eigenvalue weighted by Crippen LogP contribution is -1.80. The van der Waals surface area contributed by atoms with Crippen molar-refractivity contribution in [3.63, 3.8) is 0 Å². The fourth-order valence-electron chi connectivity index (χ4n) is 1.36. The molecular weight excluding hydrogens is 375 g/mol. The van der Waals surface area contributed by atoms with Gasteiger partial charge in [0.25, 0.3) is 0 Å². The Labute approximate surface area is 108 Å². The summed E-state index contributed by atoms with van der Waals surface area (Å²) in [6.07, 6.45) is 0.912. The molecule has 0 saturated carbocycles. The van der Waals surface area contributed by atoms with Gasteiger partial charge in [0.2, 0.25) is 0 Å². The van der Waals surface area contributed by atoms with E-state index in [4.69, 9.17) is 0 Å². The first kappa shape index (κ1) is 10.6. The highest BCUT2D eigenvalue weighted by atomic mass is 127. The van der Waals surface area contributed by atoms with Gasteiger partial charge < -0.3 is 0 Å². The van der Waals surface area contributed by atoms with E-state index in [1.807, 2.05) is 6.07 Å². The molecule has 2 rings (SSSR count). The Morgan fingerprint density at radius 1 is 1.43 bits per heavy atom. The maximum absolute atomic E-state index is 10.7. The Bertz CT molecular complexity index is 492. The first-order chi connectivity index (χ1) is 6.74. The first-order valence-electron chi connectivity index (χ1n) is 3.97. The zero-order valence-corrected chi connectivity index (χ0v) is 11.6. The van der Waals surface area contributed by atoms with Crippen LogP contribution in [0.3, 0.4) is 0 Å². The minimum atomic E-state index is 0.796. The van der Waals surface area contributed by atoms with Gasteiger partial charge in [-0.2, -0.15) is 0 Å². The molecule has 0 amide bonds. The van der Waals surface area contributed by atoms with E-state index in [2.05, 4.69) is 50.7 Å². The fourth-order valence-corrected chi connectivity index (χ4v) is 3.69. The molecule has 14 heavy (non-hydrogen) atoms. The summed E-state index contributed by atoms with van der Waals surface area (Å²) in [5.74, 6) is 0. The van der Waals surface area contributed by atoms with E-state index < -0.39 is 0 Å². The minimum absolute atomic E-state index is 0.796. The lowest BCUT2D eigenvalue weighted by atomic mass is 10.1. The van der Waals surface area contributed by atoms with E-state index in [0.29, 0.717) is 0 Å². The summed E-state index contributed by atoms with van der Waals surface area (Å²) in [7, 11) is 0. The van der Waals surface area contributed by atoms with Crippen molar-refractivity contribution in [1.82, 2.24) is 0 Å². The van der Waals surface area contributed by atoms with E-state index in [-0.39, 0.29) is 0 Å². The molecule has 1 heterocycles. The molecular formula is C10H6BrIOS. The van der Waals surface area contributed by atoms with Gasteiger partial charge in [0.15, 0.2) is 6.29 Å². The zero-order valence-electron chi connectivity index (χ0n) is 7.09. The summed E-state index contributed by atoms with van der Waals surface area (Å²) in [5.41, 5.74) is 1.25. The number of thiophene rings is 1. The highest BCUT2D eigenvalue weighted by molar-refractivity contribution is 14.1. The number of benzene rings is 1. The summed E-state index contributed by atoms with van der Waals surface area (Å²) >= 11 is 7.30. The average molecular weight is 381 g/mol. The number of carbonyl (C=O) groups is 1. The summed E-state index contributed by atoms with van der Waals surface area (Å²) in [5, 5.41) is 2.02. The second-order valence-electron chi connectivity index (χ2n) is 2.88. The van der Waals surface area contributed by atoms with Crippen LogP contribution in [0.2, 0.25) is 0 Å². The molecule has 72 valence electrons. The predicted octanol–water partition coefficient (Wildman–Crippen LogP) is 4.21. The molecule has 0 bridgehead atoms. The van der Waals surface area contributed by atoms with Gasteiger partial charge in [0.05, 0.1) is 4.88 Å². The van der Waals surface area contributed by atoms with Gasteiger partial charge in [-0.15, -0.1) is 11.3 Å². The first-order valence-corrected chi connectivity index (χ1v) is 6.99. The largest absolute Gasteiger partial charge is 0.297 e. The quantitative estimate of drug-likeness (QED) is 0.433. The van der Waals surface area contributed by atoms with Gasteiger partial charge in [-0.3, -0.25) is 4.79 Å². The number of alkyl halides is 1. The van der Waals surface area contributed by atoms with Gasteiger partial charge in [-0.05, 0) is 51.7 Å². The predicted molar refractivity (Wildman–Crippen MR) is 72.6 cm³/mol. The van der Waals surface area contributed by atoms with Crippen LogP contribution in [0.5, 0.6) is 0 Å². The number of hydrogen-bond donors (Lipinski definition) is 0. The second kappa shape index (κ2) is 4.28. The lowest BCUT2D eigenvalue weighted by molar-refractivity contribution is 0.112. The molecule has 0 aliphatic heterocycles. The third kappa shape index (κ3) is 1.87. The number of carbonyl (C=O) groups excluding carboxylic acids is 1. The van der Waals surface area contributed by atoms with Crippen molar-refractivity contribution in [2.75, 3.05) is 0 Å². The van der Waals surface area contributed by atoms with Gasteiger partial charge in [-0.1, -0.05) is 15.9 Å². The number of halogens is 2. The summed E-state index contributed by atoms with van der Waals surface area (Å²) in [6.45, 7) is 0. The maximum Gasteiger partial charge on any atom is 0.160 e. The van der Waals surface area contributed by atoms with Crippen molar-refractivity contribution in [1.29, 1.82) is 0 Å². The average Bonchev–Trinajstić information content (AvgIpc) is 2.59. The number of aldehydes is 1. The van der Waals surface area contributed by atoms with Crippen molar-refractivity contribution in [2.45, 2.75) is 5.33 Å². The molecule has 4 heteroatoms. The van der Waals surface area contributed by atoms with Gasteiger partial charge in [-0.25, -0.2) is 0 Å². The minimum Gasteiger partial charge on any atom is -0.297 e. The molecule has 0 fully saturated rings. The topological polar surface area (TPSA) is 17.1 Å². The molecule has 2 aromatic rings. The molecule has 0 atom stereocenters. The molecule has 0 spiro atoms. The van der Waals surface area contributed by atoms with Crippen molar-refractivity contribution in [2.24, 2.45) is 0 Å². The SMILES string of the molecule is O=Cc1cc2c(CBr)cc(I)cc2s1. The Kier molecular flexibility index (Phi) is 3.23. The van der Waals surface area contributed by atoms with Crippen LogP contribution in [0.4, 0.5) is 0 Å². The van der Waals surface area contributed by atoms with Crippen LogP contribution in [-0.2, 0) is 5.33 Å². The van der Waals surface area contributed by atoms with Gasteiger partial charge >= 0.3 is 0 Å². The smallest absolute Gasteiger partial charge is 0.160 e. The molecule has 1 aromatic heterocycles. The fraction of sp³-hybridized carbons (Fsp3) is 0.100. The van der Waals surface area contributed by atoms with Crippen molar-refractivity contribution >= 4 is 66.2 Å². The van der Waals surface area contributed by atoms with Crippen LogP contribution < -0.4 is 0 Å². The summed E-state index contributed by atoms with van der Waals surface area (Å²) in [4.78, 5) is 11.5. The molecule has 0 saturated heterocycles. The normalized spacial score (nSPS) is 10.7. The Morgan fingerprint density at radius 3 is 2.86 bits per heavy atom. The van der Waals surface area contributed by atoms with Gasteiger partial charge in [0, 0.05) is 13.6 Å². The van der Waals surface area contributed by atoms with Crippen LogP contribution in [0.15, 0.2) is 18.2 Å². The molecule has 0 N–H and O–H groups in total. The Hall–Kier alpha value is 0.0600. The molecule has 0 aliphatic rings. The van der Waals surface area contributed by atoms with Crippen LogP contribution in [0, 0.1) is 3.57 Å². The number of fused-ring (bicyclic) bond motifs is 1.